The standard InChI is InChI=1S/C31H27N3O2S/c35-28(23-36-27-19-11-4-12-20-27)32-21-22-37-31-33-29(24-13-5-1-6-14-24)30(25-15-7-2-8-16-25)34(31)26-17-9-3-10-18-26/h1-20H,21-23H2,(H,32,35). The molecular formula is C31H27N3O2S. The lowest BCUT2D eigenvalue weighted by Gasteiger charge is -2.13. The molecule has 5 nitrogen and oxygen atoms in total. The topological polar surface area (TPSA) is 56.1 Å². The monoisotopic (exact) mass is 505 g/mol. The van der Waals surface area contributed by atoms with E-state index in [-0.39, 0.29) is 12.5 Å². The quantitative estimate of drug-likeness (QED) is 0.174. The minimum Gasteiger partial charge on any atom is -0.484 e. The van der Waals surface area contributed by atoms with E-state index >= 15 is 0 Å². The summed E-state index contributed by atoms with van der Waals surface area (Å²) in [5.74, 6) is 1.20. The van der Waals surface area contributed by atoms with Crippen LogP contribution < -0.4 is 10.1 Å². The number of carbonyl (C=O) groups excluding carboxylic acids is 1. The number of nitrogens with zero attached hydrogens (tertiary/aromatic N) is 2. The van der Waals surface area contributed by atoms with Crippen molar-refractivity contribution < 1.29 is 9.53 Å². The summed E-state index contributed by atoms with van der Waals surface area (Å²) in [7, 11) is 0. The average molecular weight is 506 g/mol. The van der Waals surface area contributed by atoms with Gasteiger partial charge in [0.05, 0.1) is 11.4 Å². The molecule has 6 heteroatoms. The number of amides is 1. The zero-order valence-electron chi connectivity index (χ0n) is 20.3. The summed E-state index contributed by atoms with van der Waals surface area (Å²) in [6.07, 6.45) is 0. The van der Waals surface area contributed by atoms with Gasteiger partial charge in [-0.25, -0.2) is 4.98 Å². The maximum absolute atomic E-state index is 12.3. The van der Waals surface area contributed by atoms with E-state index in [1.807, 2.05) is 84.9 Å². The van der Waals surface area contributed by atoms with Crippen LogP contribution in [-0.4, -0.2) is 34.4 Å². The van der Waals surface area contributed by atoms with Crippen LogP contribution >= 0.6 is 11.8 Å². The Morgan fingerprint density at radius 1 is 0.757 bits per heavy atom. The van der Waals surface area contributed by atoms with Crippen molar-refractivity contribution in [2.45, 2.75) is 5.16 Å². The van der Waals surface area contributed by atoms with Crippen molar-refractivity contribution in [1.82, 2.24) is 14.9 Å². The predicted molar refractivity (Wildman–Crippen MR) is 150 cm³/mol. The number of imidazole rings is 1. The molecule has 0 atom stereocenters. The van der Waals surface area contributed by atoms with Crippen LogP contribution in [0.4, 0.5) is 0 Å². The highest BCUT2D eigenvalue weighted by Crippen LogP contribution is 2.38. The van der Waals surface area contributed by atoms with Crippen molar-refractivity contribution >= 4 is 17.7 Å². The van der Waals surface area contributed by atoms with E-state index in [0.29, 0.717) is 18.0 Å². The Balaban J connectivity index is 1.38. The van der Waals surface area contributed by atoms with Gasteiger partial charge >= 0.3 is 0 Å². The Bertz CT molecular complexity index is 1420. The van der Waals surface area contributed by atoms with Crippen LogP contribution in [0.3, 0.4) is 0 Å². The summed E-state index contributed by atoms with van der Waals surface area (Å²) in [5, 5.41) is 3.82. The number of ether oxygens (including phenoxy) is 1. The molecule has 1 amide bonds. The first-order valence-electron chi connectivity index (χ1n) is 12.2. The first-order chi connectivity index (χ1) is 18.3. The van der Waals surface area contributed by atoms with Crippen LogP contribution in [0.15, 0.2) is 126 Å². The van der Waals surface area contributed by atoms with E-state index in [4.69, 9.17) is 9.72 Å². The van der Waals surface area contributed by atoms with Crippen LogP contribution in [0.2, 0.25) is 0 Å². The summed E-state index contributed by atoms with van der Waals surface area (Å²) in [5.41, 5.74) is 5.17. The predicted octanol–water partition coefficient (Wildman–Crippen LogP) is 6.49. The lowest BCUT2D eigenvalue weighted by atomic mass is 10.0. The number of hydrogen-bond acceptors (Lipinski definition) is 4. The molecule has 0 unspecified atom stereocenters. The molecule has 1 N–H and O–H groups in total. The van der Waals surface area contributed by atoms with Crippen molar-refractivity contribution in [3.8, 4) is 34.0 Å². The SMILES string of the molecule is O=C(COc1ccccc1)NCCSc1nc(-c2ccccc2)c(-c2ccccc2)n1-c1ccccc1. The van der Waals surface area contributed by atoms with Gasteiger partial charge in [0.15, 0.2) is 11.8 Å². The largest absolute Gasteiger partial charge is 0.484 e. The van der Waals surface area contributed by atoms with E-state index in [9.17, 15) is 4.79 Å². The second-order valence-corrected chi connectivity index (χ2v) is 9.36. The van der Waals surface area contributed by atoms with Gasteiger partial charge in [0, 0.05) is 29.1 Å². The smallest absolute Gasteiger partial charge is 0.257 e. The third-order valence-corrected chi connectivity index (χ3v) is 6.66. The van der Waals surface area contributed by atoms with Crippen molar-refractivity contribution in [1.29, 1.82) is 0 Å². The van der Waals surface area contributed by atoms with E-state index in [2.05, 4.69) is 46.3 Å². The molecule has 1 heterocycles. The summed E-state index contributed by atoms with van der Waals surface area (Å²) in [6, 6.07) is 40.2. The van der Waals surface area contributed by atoms with Crippen molar-refractivity contribution in [3.63, 3.8) is 0 Å². The van der Waals surface area contributed by atoms with Gasteiger partial charge in [-0.3, -0.25) is 9.36 Å². The number of nitrogens with one attached hydrogen (secondary N) is 1. The first-order valence-corrected chi connectivity index (χ1v) is 13.1. The molecule has 5 aromatic rings. The van der Waals surface area contributed by atoms with Crippen molar-refractivity contribution in [3.05, 3.63) is 121 Å². The lowest BCUT2D eigenvalue weighted by molar-refractivity contribution is -0.122. The number of rotatable bonds is 10. The molecule has 0 aliphatic carbocycles. The van der Waals surface area contributed by atoms with Gasteiger partial charge in [-0.15, -0.1) is 0 Å². The Morgan fingerprint density at radius 2 is 1.32 bits per heavy atom. The molecule has 0 aliphatic rings. The third kappa shape index (κ3) is 6.11. The normalized spacial score (nSPS) is 10.7. The lowest BCUT2D eigenvalue weighted by Crippen LogP contribution is -2.30. The average Bonchev–Trinajstić information content (AvgIpc) is 3.35. The van der Waals surface area contributed by atoms with Crippen LogP contribution in [-0.2, 0) is 4.79 Å². The number of hydrogen-bond donors (Lipinski definition) is 1. The number of para-hydroxylation sites is 2. The molecule has 0 radical (unpaired) electrons. The second-order valence-electron chi connectivity index (χ2n) is 8.29. The Kier molecular flexibility index (Phi) is 7.98. The van der Waals surface area contributed by atoms with Gasteiger partial charge < -0.3 is 10.1 Å². The van der Waals surface area contributed by atoms with Gasteiger partial charge in [-0.05, 0) is 24.3 Å². The molecule has 37 heavy (non-hydrogen) atoms. The van der Waals surface area contributed by atoms with E-state index < -0.39 is 0 Å². The molecule has 4 aromatic carbocycles. The highest BCUT2D eigenvalue weighted by molar-refractivity contribution is 7.99. The number of aromatic nitrogens is 2. The highest BCUT2D eigenvalue weighted by Gasteiger charge is 2.21. The van der Waals surface area contributed by atoms with Gasteiger partial charge in [-0.2, -0.15) is 0 Å². The fourth-order valence-corrected chi connectivity index (χ4v) is 4.89. The van der Waals surface area contributed by atoms with Crippen LogP contribution in [0.1, 0.15) is 0 Å². The zero-order chi connectivity index (χ0) is 25.3. The summed E-state index contributed by atoms with van der Waals surface area (Å²) in [6.45, 7) is 0.494. The van der Waals surface area contributed by atoms with E-state index in [1.54, 1.807) is 11.8 Å². The number of carbonyl (C=O) groups is 1. The minimum absolute atomic E-state index is 0.0103. The fourth-order valence-electron chi connectivity index (χ4n) is 4.02. The molecule has 0 saturated carbocycles. The first kappa shape index (κ1) is 24.4. The van der Waals surface area contributed by atoms with Crippen LogP contribution in [0.5, 0.6) is 5.75 Å². The molecular weight excluding hydrogens is 478 g/mol. The van der Waals surface area contributed by atoms with Gasteiger partial charge in [0.1, 0.15) is 5.75 Å². The summed E-state index contributed by atoms with van der Waals surface area (Å²) >= 11 is 1.62. The number of thioether (sulfide) groups is 1. The maximum atomic E-state index is 12.3. The Hall–Kier alpha value is -4.29. The van der Waals surface area contributed by atoms with Gasteiger partial charge in [-0.1, -0.05) is 109 Å². The maximum Gasteiger partial charge on any atom is 0.257 e. The number of benzene rings is 4. The van der Waals surface area contributed by atoms with Gasteiger partial charge in [0.2, 0.25) is 0 Å². The third-order valence-electron chi connectivity index (χ3n) is 5.72. The van der Waals surface area contributed by atoms with E-state index in [1.165, 1.54) is 0 Å². The zero-order valence-corrected chi connectivity index (χ0v) is 21.1. The molecule has 0 bridgehead atoms. The Labute approximate surface area is 221 Å². The minimum atomic E-state index is -0.147. The van der Waals surface area contributed by atoms with Crippen LogP contribution in [0, 0.1) is 0 Å². The highest BCUT2D eigenvalue weighted by atomic mass is 32.2. The molecule has 0 saturated heterocycles. The molecule has 0 spiro atoms. The Morgan fingerprint density at radius 3 is 1.97 bits per heavy atom. The van der Waals surface area contributed by atoms with Crippen molar-refractivity contribution in [2.24, 2.45) is 0 Å². The van der Waals surface area contributed by atoms with Gasteiger partial charge in [0.25, 0.3) is 5.91 Å². The molecule has 0 aliphatic heterocycles. The summed E-state index contributed by atoms with van der Waals surface area (Å²) < 4.78 is 7.75. The second kappa shape index (κ2) is 12.1. The molecule has 5 rings (SSSR count). The van der Waals surface area contributed by atoms with Crippen molar-refractivity contribution in [2.75, 3.05) is 18.9 Å². The summed E-state index contributed by atoms with van der Waals surface area (Å²) in [4.78, 5) is 17.4. The molecule has 0 fully saturated rings. The molecule has 184 valence electrons. The fraction of sp³-hybridized carbons (Fsp3) is 0.0968. The molecule has 1 aromatic heterocycles. The van der Waals surface area contributed by atoms with Crippen LogP contribution in [0.25, 0.3) is 28.2 Å². The van der Waals surface area contributed by atoms with E-state index in [0.717, 1.165) is 33.4 Å².